The van der Waals surface area contributed by atoms with Gasteiger partial charge in [0, 0.05) is 29.9 Å². The van der Waals surface area contributed by atoms with Gasteiger partial charge in [0.05, 0.1) is 6.61 Å². The lowest BCUT2D eigenvalue weighted by Crippen LogP contribution is -2.58. The third-order valence-corrected chi connectivity index (χ3v) is 6.60. The molecule has 9 N–H and O–H groups in total. The Hall–Kier alpha value is -4.42. The Morgan fingerprint density at radius 1 is 0.854 bits per heavy atom. The number of hydrogen-bond acceptors (Lipinski definition) is 7. The predicted molar refractivity (Wildman–Crippen MR) is 152 cm³/mol. The van der Waals surface area contributed by atoms with Crippen molar-refractivity contribution < 1.29 is 34.5 Å². The summed E-state index contributed by atoms with van der Waals surface area (Å²) in [6, 6.07) is 8.61. The maximum Gasteiger partial charge on any atom is 0.326 e. The van der Waals surface area contributed by atoms with Crippen LogP contribution in [0.15, 0.2) is 54.7 Å². The molecule has 1 aromatic heterocycles. The highest BCUT2D eigenvalue weighted by molar-refractivity contribution is 5.94. The Balaban J connectivity index is 1.83. The number of hydrogen-bond donors (Lipinski definition) is 8. The second-order valence-electron chi connectivity index (χ2n) is 10.4. The van der Waals surface area contributed by atoms with Gasteiger partial charge in [-0.3, -0.25) is 14.4 Å². The number of aromatic amines is 1. The predicted octanol–water partition coefficient (Wildman–Crippen LogP) is 0.563. The first-order chi connectivity index (χ1) is 19.5. The van der Waals surface area contributed by atoms with E-state index in [1.54, 1.807) is 18.3 Å². The highest BCUT2D eigenvalue weighted by Crippen LogP contribution is 2.19. The number of nitrogens with two attached hydrogens (primary N) is 1. The summed E-state index contributed by atoms with van der Waals surface area (Å²) in [4.78, 5) is 54.4. The van der Waals surface area contributed by atoms with Gasteiger partial charge in [-0.2, -0.15) is 0 Å². The molecule has 220 valence electrons. The molecular weight excluding hydrogens is 530 g/mol. The number of aliphatic carboxylic acids is 1. The molecule has 4 atom stereocenters. The Labute approximate surface area is 237 Å². The number of aliphatic hydroxyl groups is 1. The summed E-state index contributed by atoms with van der Waals surface area (Å²) in [5.74, 6) is -3.38. The van der Waals surface area contributed by atoms with Crippen LogP contribution in [0.1, 0.15) is 31.4 Å². The molecule has 0 spiro atoms. The van der Waals surface area contributed by atoms with Gasteiger partial charge in [-0.1, -0.05) is 44.2 Å². The summed E-state index contributed by atoms with van der Waals surface area (Å²) >= 11 is 0. The van der Waals surface area contributed by atoms with E-state index in [0.29, 0.717) is 11.1 Å². The molecule has 0 fully saturated rings. The van der Waals surface area contributed by atoms with Crippen molar-refractivity contribution in [3.05, 3.63) is 65.9 Å². The molecule has 2 aromatic carbocycles. The number of fused-ring (bicyclic) bond motifs is 1. The molecule has 0 saturated carbocycles. The summed E-state index contributed by atoms with van der Waals surface area (Å²) in [5.41, 5.74) is 7.72. The van der Waals surface area contributed by atoms with Gasteiger partial charge >= 0.3 is 5.97 Å². The van der Waals surface area contributed by atoms with E-state index in [-0.39, 0.29) is 30.9 Å². The van der Waals surface area contributed by atoms with Gasteiger partial charge in [0.2, 0.25) is 17.7 Å². The number of aromatic nitrogens is 1. The van der Waals surface area contributed by atoms with Gasteiger partial charge < -0.3 is 42.0 Å². The smallest absolute Gasteiger partial charge is 0.326 e. The number of amides is 3. The molecule has 4 unspecified atom stereocenters. The zero-order valence-corrected chi connectivity index (χ0v) is 23.0. The van der Waals surface area contributed by atoms with Crippen LogP contribution in [0.4, 0.5) is 0 Å². The number of phenolic OH excluding ortho intramolecular Hbond substituents is 1. The molecule has 0 radical (unpaired) electrons. The average molecular weight is 568 g/mol. The van der Waals surface area contributed by atoms with Gasteiger partial charge in [0.15, 0.2) is 0 Å². The minimum absolute atomic E-state index is 0.00393. The lowest BCUT2D eigenvalue weighted by atomic mass is 10.00. The first-order valence-electron chi connectivity index (χ1n) is 13.3. The Morgan fingerprint density at radius 2 is 1.46 bits per heavy atom. The van der Waals surface area contributed by atoms with E-state index in [0.717, 1.165) is 10.9 Å². The van der Waals surface area contributed by atoms with E-state index in [1.807, 2.05) is 38.1 Å². The number of carbonyl (C=O) groups is 4. The molecule has 0 aliphatic heterocycles. The van der Waals surface area contributed by atoms with Crippen molar-refractivity contribution in [3.63, 3.8) is 0 Å². The second-order valence-corrected chi connectivity index (χ2v) is 10.4. The molecule has 3 amide bonds. The molecule has 0 aliphatic rings. The number of carboxylic acids is 1. The standard InChI is InChI=1S/C29H37N5O7/c1-16(2)11-23(32-26(37)21(30)15-35)27(38)33-24(12-17-7-9-19(36)10-8-17)28(39)34-25(29(40)41)13-18-14-31-22-6-4-3-5-20(18)22/h3-10,14,16,21,23-25,31,35-36H,11-13,15,30H2,1-2H3,(H,32,37)(H,33,38)(H,34,39)(H,40,41). The molecule has 0 bridgehead atoms. The normalized spacial score (nSPS) is 14.2. The molecular formula is C29H37N5O7. The first-order valence-corrected chi connectivity index (χ1v) is 13.3. The topological polar surface area (TPSA) is 207 Å². The van der Waals surface area contributed by atoms with Crippen LogP contribution in [0, 0.1) is 5.92 Å². The van der Waals surface area contributed by atoms with Crippen molar-refractivity contribution in [1.29, 1.82) is 0 Å². The molecule has 12 heteroatoms. The number of rotatable bonds is 14. The zero-order valence-electron chi connectivity index (χ0n) is 23.0. The van der Waals surface area contributed by atoms with Gasteiger partial charge in [-0.15, -0.1) is 0 Å². The van der Waals surface area contributed by atoms with Gasteiger partial charge in [-0.25, -0.2) is 4.79 Å². The monoisotopic (exact) mass is 567 g/mol. The van der Waals surface area contributed by atoms with Crippen molar-refractivity contribution in [3.8, 4) is 5.75 Å². The highest BCUT2D eigenvalue weighted by atomic mass is 16.4. The van der Waals surface area contributed by atoms with Crippen molar-refractivity contribution >= 4 is 34.6 Å². The molecule has 0 aliphatic carbocycles. The van der Waals surface area contributed by atoms with Crippen LogP contribution in [-0.4, -0.2) is 74.8 Å². The molecule has 0 saturated heterocycles. The van der Waals surface area contributed by atoms with Crippen molar-refractivity contribution in [2.24, 2.45) is 11.7 Å². The lowest BCUT2D eigenvalue weighted by Gasteiger charge is -2.26. The van der Waals surface area contributed by atoms with Crippen molar-refractivity contribution in [2.75, 3.05) is 6.61 Å². The Morgan fingerprint density at radius 3 is 2.10 bits per heavy atom. The van der Waals surface area contributed by atoms with Crippen molar-refractivity contribution in [1.82, 2.24) is 20.9 Å². The molecule has 41 heavy (non-hydrogen) atoms. The Kier molecular flexibility index (Phi) is 10.8. The second kappa shape index (κ2) is 14.3. The van der Waals surface area contributed by atoms with E-state index in [9.17, 15) is 34.5 Å². The van der Waals surface area contributed by atoms with E-state index in [1.165, 1.54) is 12.1 Å². The van der Waals surface area contributed by atoms with E-state index in [4.69, 9.17) is 5.73 Å². The van der Waals surface area contributed by atoms with Crippen LogP contribution in [-0.2, 0) is 32.0 Å². The number of nitrogens with one attached hydrogen (secondary N) is 4. The number of aromatic hydroxyl groups is 1. The maximum atomic E-state index is 13.5. The molecule has 3 rings (SSSR count). The molecule has 12 nitrogen and oxygen atoms in total. The minimum Gasteiger partial charge on any atom is -0.508 e. The SMILES string of the molecule is CC(C)CC(NC(=O)C(N)CO)C(=O)NC(Cc1ccc(O)cc1)C(=O)NC(Cc1c[nH]c2ccccc12)C(=O)O. The van der Waals surface area contributed by atoms with E-state index in [2.05, 4.69) is 20.9 Å². The fraction of sp³-hybridized carbons (Fsp3) is 0.379. The fourth-order valence-corrected chi connectivity index (χ4v) is 4.41. The number of H-pyrrole nitrogens is 1. The number of para-hydroxylation sites is 1. The summed E-state index contributed by atoms with van der Waals surface area (Å²) in [7, 11) is 0. The average Bonchev–Trinajstić information content (AvgIpc) is 3.34. The van der Waals surface area contributed by atoms with Crippen molar-refractivity contribution in [2.45, 2.75) is 57.3 Å². The number of carboxylic acid groups (broad SMARTS) is 1. The third kappa shape index (κ3) is 8.78. The number of carbonyl (C=O) groups excluding carboxylic acids is 3. The number of aliphatic hydroxyl groups excluding tert-OH is 1. The van der Waals surface area contributed by atoms with Crippen LogP contribution in [0.5, 0.6) is 5.75 Å². The largest absolute Gasteiger partial charge is 0.508 e. The summed E-state index contributed by atoms with van der Waals surface area (Å²) < 4.78 is 0. The minimum atomic E-state index is -1.30. The van der Waals surface area contributed by atoms with Crippen LogP contribution >= 0.6 is 0 Å². The van der Waals surface area contributed by atoms with Crippen LogP contribution in [0.25, 0.3) is 10.9 Å². The number of phenols is 1. The van der Waals surface area contributed by atoms with Crippen LogP contribution in [0.2, 0.25) is 0 Å². The molecule has 3 aromatic rings. The van der Waals surface area contributed by atoms with E-state index < -0.39 is 54.5 Å². The van der Waals surface area contributed by atoms with Crippen LogP contribution < -0.4 is 21.7 Å². The quantitative estimate of drug-likeness (QED) is 0.138. The van der Waals surface area contributed by atoms with Gasteiger partial charge in [-0.05, 0) is 41.7 Å². The summed E-state index contributed by atoms with van der Waals surface area (Å²) in [6.45, 7) is 3.09. The maximum absolute atomic E-state index is 13.5. The summed E-state index contributed by atoms with van der Waals surface area (Å²) in [5, 5.41) is 37.3. The summed E-state index contributed by atoms with van der Waals surface area (Å²) in [6.07, 6.45) is 1.89. The van der Waals surface area contributed by atoms with Gasteiger partial charge in [0.25, 0.3) is 0 Å². The highest BCUT2D eigenvalue weighted by Gasteiger charge is 2.31. The first kappa shape index (κ1) is 31.1. The van der Waals surface area contributed by atoms with Crippen LogP contribution in [0.3, 0.4) is 0 Å². The lowest BCUT2D eigenvalue weighted by molar-refractivity contribution is -0.142. The van der Waals surface area contributed by atoms with E-state index >= 15 is 0 Å². The fourth-order valence-electron chi connectivity index (χ4n) is 4.41. The zero-order chi connectivity index (χ0) is 30.1. The Bertz CT molecular complexity index is 1360. The number of benzene rings is 2. The van der Waals surface area contributed by atoms with Gasteiger partial charge in [0.1, 0.15) is 29.9 Å². The third-order valence-electron chi connectivity index (χ3n) is 6.60. The molecule has 1 heterocycles.